The van der Waals surface area contributed by atoms with Crippen LogP contribution in [0.5, 0.6) is 11.5 Å². The molecule has 4 aromatic rings. The summed E-state index contributed by atoms with van der Waals surface area (Å²) in [5.74, 6) is 3.04. The standard InChI is InChI=1S/C30H36F6O4.C30H34F6O4/c2*1-7-27(8-2,23-11-12-25(20(4)16-23)38-17-24-18-39-26(5,6)40-24)22-10-9-21(19(3)15-22)13-14-28(37,29(31,32)33)30(34,35)36/h9-16,24,37H,7-8,17-18H2,1-6H3;9-12,15-16,24,37H,7-8,17-18H2,1-6H3/b14-13+;/t2*24-/m11/s1. The SMILES string of the molecule is CCC(CC)(c1ccc(/C=C/C(O)(C(F)(F)F)C(F)(F)F)c(C)c1)c1ccc(OC[C@@H]2COC(C)(C)O2)c(C)c1.CCC(CC)(c1ccc(C#CC(O)(C(F)(F)F)C(F)(F)F)c(C)c1)c1ccc(OC[C@@H]2COC(C)(C)O2)c(C)c1. The van der Waals surface area contributed by atoms with Crippen molar-refractivity contribution in [2.24, 2.45) is 0 Å². The van der Waals surface area contributed by atoms with Crippen LogP contribution in [0.15, 0.2) is 78.9 Å². The Morgan fingerprint density at radius 1 is 0.525 bits per heavy atom. The maximum atomic E-state index is 13.1. The lowest BCUT2D eigenvalue weighted by Gasteiger charge is -2.34. The van der Waals surface area contributed by atoms with E-state index in [0.29, 0.717) is 80.8 Å². The molecule has 2 N–H and O–H groups in total. The molecule has 0 spiro atoms. The van der Waals surface area contributed by atoms with Crippen LogP contribution in [0.3, 0.4) is 0 Å². The number of benzene rings is 4. The van der Waals surface area contributed by atoms with Crippen molar-refractivity contribution in [1.82, 2.24) is 0 Å². The van der Waals surface area contributed by atoms with E-state index in [1.165, 1.54) is 12.1 Å². The molecule has 8 nitrogen and oxygen atoms in total. The molecular weight excluding hydrogens is 1080 g/mol. The molecule has 0 unspecified atom stereocenters. The highest BCUT2D eigenvalue weighted by atomic mass is 19.4. The Bertz CT molecular complexity index is 2840. The normalized spacial score (nSPS) is 18.2. The summed E-state index contributed by atoms with van der Waals surface area (Å²) in [5, 5.41) is 18.8. The van der Waals surface area contributed by atoms with E-state index in [1.807, 2.05) is 112 Å². The molecule has 0 saturated carbocycles. The van der Waals surface area contributed by atoms with Crippen molar-refractivity contribution in [3.8, 4) is 23.3 Å². The van der Waals surface area contributed by atoms with Gasteiger partial charge in [-0.25, -0.2) is 0 Å². The van der Waals surface area contributed by atoms with Gasteiger partial charge >= 0.3 is 30.3 Å². The summed E-state index contributed by atoms with van der Waals surface area (Å²) < 4.78 is 191. The maximum absolute atomic E-state index is 13.1. The molecule has 2 atom stereocenters. The summed E-state index contributed by atoms with van der Waals surface area (Å²) in [4.78, 5) is 0. The zero-order valence-corrected chi connectivity index (χ0v) is 46.8. The smallest absolute Gasteiger partial charge is 0.438 e. The van der Waals surface area contributed by atoms with Crippen LogP contribution in [-0.4, -0.2) is 96.3 Å². The van der Waals surface area contributed by atoms with E-state index in [9.17, 15) is 62.9 Å². The Labute approximate surface area is 459 Å². The van der Waals surface area contributed by atoms with E-state index in [0.717, 1.165) is 39.3 Å². The minimum absolute atomic E-state index is 0.0435. The van der Waals surface area contributed by atoms with Crippen molar-refractivity contribution in [2.45, 2.75) is 179 Å². The highest BCUT2D eigenvalue weighted by Gasteiger charge is 2.70. The quantitative estimate of drug-likeness (QED) is 0.0846. The third-order valence-corrected chi connectivity index (χ3v) is 15.0. The van der Waals surface area contributed by atoms with Crippen molar-refractivity contribution < 1.29 is 91.3 Å². The van der Waals surface area contributed by atoms with Crippen molar-refractivity contribution >= 4 is 6.08 Å². The summed E-state index contributed by atoms with van der Waals surface area (Å²) in [6, 6.07) is 21.5. The number of aryl methyl sites for hydroxylation is 4. The topological polar surface area (TPSA) is 95.8 Å². The molecule has 2 saturated heterocycles. The van der Waals surface area contributed by atoms with Crippen LogP contribution in [0.4, 0.5) is 52.7 Å². The van der Waals surface area contributed by atoms with E-state index < -0.39 is 58.3 Å². The van der Waals surface area contributed by atoms with Gasteiger partial charge in [0.1, 0.15) is 36.9 Å². The van der Waals surface area contributed by atoms with Gasteiger partial charge in [0.2, 0.25) is 0 Å². The molecule has 2 aliphatic heterocycles. The predicted molar refractivity (Wildman–Crippen MR) is 278 cm³/mol. The van der Waals surface area contributed by atoms with Gasteiger partial charge in [0.15, 0.2) is 11.6 Å². The average Bonchev–Trinajstić information content (AvgIpc) is 3.90. The number of rotatable bonds is 16. The van der Waals surface area contributed by atoms with Crippen LogP contribution in [0.25, 0.3) is 6.08 Å². The molecule has 2 fully saturated rings. The number of aliphatic hydroxyl groups is 2. The summed E-state index contributed by atoms with van der Waals surface area (Å²) >= 11 is 0. The molecule has 80 heavy (non-hydrogen) atoms. The minimum atomic E-state index is -6.01. The van der Waals surface area contributed by atoms with Gasteiger partial charge in [-0.2, -0.15) is 52.7 Å². The molecule has 0 bridgehead atoms. The summed E-state index contributed by atoms with van der Waals surface area (Å²) in [6.45, 7) is 24.0. The maximum Gasteiger partial charge on any atom is 0.438 e. The van der Waals surface area contributed by atoms with Crippen LogP contribution in [0, 0.1) is 39.5 Å². The third-order valence-electron chi connectivity index (χ3n) is 15.0. The number of hydrogen-bond acceptors (Lipinski definition) is 8. The van der Waals surface area contributed by atoms with Crippen LogP contribution < -0.4 is 9.47 Å². The molecule has 0 aliphatic carbocycles. The van der Waals surface area contributed by atoms with Crippen LogP contribution in [0.2, 0.25) is 0 Å². The Kier molecular flexibility index (Phi) is 19.9. The van der Waals surface area contributed by atoms with Gasteiger partial charge in [0.05, 0.1) is 13.2 Å². The number of ether oxygens (including phenoxy) is 6. The predicted octanol–water partition coefficient (Wildman–Crippen LogP) is 15.0. The first-order chi connectivity index (χ1) is 36.8. The molecule has 0 amide bonds. The van der Waals surface area contributed by atoms with E-state index in [2.05, 4.69) is 0 Å². The minimum Gasteiger partial charge on any atom is -0.491 e. The Morgan fingerprint density at radius 3 is 1.20 bits per heavy atom. The molecule has 0 aromatic heterocycles. The van der Waals surface area contributed by atoms with E-state index >= 15 is 0 Å². The second-order valence-corrected chi connectivity index (χ2v) is 21.2. The summed E-state index contributed by atoms with van der Waals surface area (Å²) in [5.41, 5.74) is -4.52. The van der Waals surface area contributed by atoms with Gasteiger partial charge in [-0.05, 0) is 161 Å². The fraction of sp³-hybridized carbons (Fsp3) is 0.533. The van der Waals surface area contributed by atoms with Crippen LogP contribution in [0.1, 0.15) is 137 Å². The Morgan fingerprint density at radius 2 is 0.887 bits per heavy atom. The largest absolute Gasteiger partial charge is 0.491 e. The molecule has 20 heteroatoms. The van der Waals surface area contributed by atoms with Gasteiger partial charge in [0.25, 0.3) is 5.60 Å². The van der Waals surface area contributed by atoms with E-state index in [4.69, 9.17) is 28.4 Å². The van der Waals surface area contributed by atoms with Crippen LogP contribution >= 0.6 is 0 Å². The van der Waals surface area contributed by atoms with Gasteiger partial charge in [-0.15, -0.1) is 0 Å². The number of halogens is 12. The van der Waals surface area contributed by atoms with Gasteiger partial charge in [0, 0.05) is 16.4 Å². The molecule has 4 aromatic carbocycles. The average molecular weight is 1150 g/mol. The zero-order chi connectivity index (χ0) is 60.3. The van der Waals surface area contributed by atoms with Gasteiger partial charge in [-0.3, -0.25) is 0 Å². The van der Waals surface area contributed by atoms with Gasteiger partial charge < -0.3 is 38.6 Å². The van der Waals surface area contributed by atoms with E-state index in [-0.39, 0.29) is 29.4 Å². The number of hydrogen-bond donors (Lipinski definition) is 2. The second-order valence-electron chi connectivity index (χ2n) is 21.2. The molecule has 6 rings (SSSR count). The fourth-order valence-electron chi connectivity index (χ4n) is 10.0. The van der Waals surface area contributed by atoms with Gasteiger partial charge in [-0.1, -0.05) is 94.3 Å². The highest BCUT2D eigenvalue weighted by Crippen LogP contribution is 2.47. The molecular formula is C60H70F12O8. The zero-order valence-electron chi connectivity index (χ0n) is 46.8. The van der Waals surface area contributed by atoms with Crippen LogP contribution in [-0.2, 0) is 29.8 Å². The van der Waals surface area contributed by atoms with Crippen molar-refractivity contribution in [1.29, 1.82) is 0 Å². The third kappa shape index (κ3) is 14.1. The first kappa shape index (κ1) is 65.5. The first-order valence-electron chi connectivity index (χ1n) is 26.1. The lowest BCUT2D eigenvalue weighted by atomic mass is 9.70. The lowest BCUT2D eigenvalue weighted by molar-refractivity contribution is -0.347. The second kappa shape index (κ2) is 24.3. The highest BCUT2D eigenvalue weighted by molar-refractivity contribution is 5.58. The fourth-order valence-corrected chi connectivity index (χ4v) is 10.0. The Hall–Kier alpha value is -5.30. The first-order valence-corrected chi connectivity index (χ1v) is 26.1. The van der Waals surface area contributed by atoms with Crippen molar-refractivity contribution in [2.75, 3.05) is 26.4 Å². The molecule has 2 aliphatic rings. The van der Waals surface area contributed by atoms with E-state index in [1.54, 1.807) is 38.1 Å². The molecule has 442 valence electrons. The van der Waals surface area contributed by atoms with Crippen molar-refractivity contribution in [3.63, 3.8) is 0 Å². The summed E-state index contributed by atoms with van der Waals surface area (Å²) in [7, 11) is 0. The number of alkyl halides is 12. The lowest BCUT2D eigenvalue weighted by Crippen LogP contribution is -2.55. The van der Waals surface area contributed by atoms with Crippen molar-refractivity contribution in [3.05, 3.63) is 135 Å². The molecule has 0 radical (unpaired) electrons. The molecule has 2 heterocycles. The Balaban J connectivity index is 0.000000294. The monoisotopic (exact) mass is 1150 g/mol. The summed E-state index contributed by atoms with van der Waals surface area (Å²) in [6.07, 6.45) is -21.1.